The minimum Gasteiger partial charge on any atom is -0.357 e. The van der Waals surface area contributed by atoms with Crippen LogP contribution in [-0.4, -0.2) is 14.7 Å². The summed E-state index contributed by atoms with van der Waals surface area (Å²) in [5.74, 6) is 0. The third kappa shape index (κ3) is 3.01. The Morgan fingerprint density at radius 3 is 2.56 bits per heavy atom. The molecule has 1 N–H and O–H groups in total. The molecule has 25 heavy (non-hydrogen) atoms. The zero-order chi connectivity index (χ0) is 17.4. The number of hydrogen-bond donors (Lipinski definition) is 1. The zero-order valence-electron chi connectivity index (χ0n) is 13.6. The standard InChI is InChI=1S/C19H17ClN4S/c1-23-11-9-13(12-23)18-17(16-4-2-3-10-21-16)22-19(25)24(18)15-7-5-14(20)6-8-15/h2-12,17-18H,1H3,(H,22,25)/t17-,18+/m1/s1. The van der Waals surface area contributed by atoms with Crippen molar-refractivity contribution in [3.05, 3.63) is 83.4 Å². The number of nitrogens with zero attached hydrogens (tertiary/aromatic N) is 3. The lowest BCUT2D eigenvalue weighted by Gasteiger charge is -2.27. The lowest BCUT2D eigenvalue weighted by atomic mass is 9.98. The van der Waals surface area contributed by atoms with Crippen molar-refractivity contribution in [1.29, 1.82) is 0 Å². The molecular formula is C19H17ClN4S. The molecule has 3 heterocycles. The van der Waals surface area contributed by atoms with Gasteiger partial charge in [0.05, 0.1) is 17.8 Å². The van der Waals surface area contributed by atoms with E-state index in [0.717, 1.165) is 11.4 Å². The minimum atomic E-state index is -0.0215. The van der Waals surface area contributed by atoms with Crippen LogP contribution in [0.5, 0.6) is 0 Å². The highest BCUT2D eigenvalue weighted by molar-refractivity contribution is 7.80. The molecule has 0 radical (unpaired) electrons. The van der Waals surface area contributed by atoms with E-state index in [4.69, 9.17) is 23.8 Å². The molecule has 1 aromatic carbocycles. The lowest BCUT2D eigenvalue weighted by molar-refractivity contribution is 0.567. The average molecular weight is 369 g/mol. The van der Waals surface area contributed by atoms with Gasteiger partial charge in [0.25, 0.3) is 0 Å². The van der Waals surface area contributed by atoms with Crippen molar-refractivity contribution in [2.75, 3.05) is 4.90 Å². The SMILES string of the molecule is Cn1ccc([C@H]2[C@@H](c3ccccn3)NC(=S)N2c2ccc(Cl)cc2)c1. The summed E-state index contributed by atoms with van der Waals surface area (Å²) in [5, 5.41) is 4.84. The average Bonchev–Trinajstić information content (AvgIpc) is 3.20. The van der Waals surface area contributed by atoms with E-state index in [0.29, 0.717) is 10.1 Å². The summed E-state index contributed by atoms with van der Waals surface area (Å²) in [6.45, 7) is 0. The number of rotatable bonds is 3. The molecule has 0 aliphatic carbocycles. The summed E-state index contributed by atoms with van der Waals surface area (Å²) in [5.41, 5.74) is 3.16. The summed E-state index contributed by atoms with van der Waals surface area (Å²) >= 11 is 11.7. The van der Waals surface area contributed by atoms with Gasteiger partial charge in [-0.1, -0.05) is 17.7 Å². The molecule has 1 aliphatic heterocycles. The van der Waals surface area contributed by atoms with Gasteiger partial charge in [0, 0.05) is 36.3 Å². The normalized spacial score (nSPS) is 19.9. The van der Waals surface area contributed by atoms with Crippen LogP contribution < -0.4 is 10.2 Å². The molecule has 0 saturated carbocycles. The van der Waals surface area contributed by atoms with Crippen LogP contribution >= 0.6 is 23.8 Å². The van der Waals surface area contributed by atoms with E-state index in [9.17, 15) is 0 Å². The van der Waals surface area contributed by atoms with E-state index >= 15 is 0 Å². The Morgan fingerprint density at radius 1 is 1.12 bits per heavy atom. The predicted molar refractivity (Wildman–Crippen MR) is 105 cm³/mol. The predicted octanol–water partition coefficient (Wildman–Crippen LogP) is 4.25. The van der Waals surface area contributed by atoms with Crippen LogP contribution in [0, 0.1) is 0 Å². The van der Waals surface area contributed by atoms with Gasteiger partial charge in [0.1, 0.15) is 0 Å². The first-order valence-corrected chi connectivity index (χ1v) is 8.80. The highest BCUT2D eigenvalue weighted by Crippen LogP contribution is 2.41. The van der Waals surface area contributed by atoms with Crippen molar-refractivity contribution < 1.29 is 0 Å². The minimum absolute atomic E-state index is 0.0183. The first kappa shape index (κ1) is 16.1. The molecule has 0 spiro atoms. The molecule has 1 saturated heterocycles. The molecule has 0 unspecified atom stereocenters. The maximum atomic E-state index is 6.06. The number of hydrogen-bond acceptors (Lipinski definition) is 2. The smallest absolute Gasteiger partial charge is 0.174 e. The maximum Gasteiger partial charge on any atom is 0.174 e. The van der Waals surface area contributed by atoms with Crippen LogP contribution in [0.2, 0.25) is 5.02 Å². The lowest BCUT2D eigenvalue weighted by Crippen LogP contribution is -2.29. The van der Waals surface area contributed by atoms with Crippen LogP contribution in [0.3, 0.4) is 0 Å². The fourth-order valence-corrected chi connectivity index (χ4v) is 3.75. The van der Waals surface area contributed by atoms with Crippen molar-refractivity contribution in [3.63, 3.8) is 0 Å². The molecule has 1 fully saturated rings. The number of halogens is 1. The van der Waals surface area contributed by atoms with Crippen molar-refractivity contribution in [2.45, 2.75) is 12.1 Å². The van der Waals surface area contributed by atoms with Gasteiger partial charge >= 0.3 is 0 Å². The van der Waals surface area contributed by atoms with Gasteiger partial charge in [-0.25, -0.2) is 0 Å². The van der Waals surface area contributed by atoms with E-state index in [1.807, 2.05) is 66.5 Å². The largest absolute Gasteiger partial charge is 0.357 e. The Morgan fingerprint density at radius 2 is 1.92 bits per heavy atom. The van der Waals surface area contributed by atoms with Gasteiger partial charge in [-0.05, 0) is 60.2 Å². The molecular weight excluding hydrogens is 352 g/mol. The number of anilines is 1. The van der Waals surface area contributed by atoms with Crippen LogP contribution in [0.1, 0.15) is 23.3 Å². The molecule has 4 rings (SSSR count). The highest BCUT2D eigenvalue weighted by Gasteiger charge is 2.40. The number of pyridine rings is 1. The molecule has 2 aromatic heterocycles. The van der Waals surface area contributed by atoms with Crippen LogP contribution in [0.15, 0.2) is 67.1 Å². The van der Waals surface area contributed by atoms with Gasteiger partial charge in [-0.2, -0.15) is 0 Å². The first-order chi connectivity index (χ1) is 12.1. The van der Waals surface area contributed by atoms with Crippen LogP contribution in [0.25, 0.3) is 0 Å². The monoisotopic (exact) mass is 368 g/mol. The van der Waals surface area contributed by atoms with Gasteiger partial charge in [0.2, 0.25) is 0 Å². The number of aromatic nitrogens is 2. The van der Waals surface area contributed by atoms with Crippen molar-refractivity contribution >= 4 is 34.6 Å². The first-order valence-electron chi connectivity index (χ1n) is 8.01. The second-order valence-corrected chi connectivity index (χ2v) is 6.91. The zero-order valence-corrected chi connectivity index (χ0v) is 15.2. The summed E-state index contributed by atoms with van der Waals surface area (Å²) in [6, 6.07) is 15.8. The Bertz CT molecular complexity index is 891. The summed E-state index contributed by atoms with van der Waals surface area (Å²) in [7, 11) is 2.02. The number of thiocarbonyl (C=S) groups is 1. The molecule has 0 amide bonds. The molecule has 4 nitrogen and oxygen atoms in total. The van der Waals surface area contributed by atoms with E-state index in [2.05, 4.69) is 27.5 Å². The third-order valence-electron chi connectivity index (χ3n) is 4.40. The van der Waals surface area contributed by atoms with Gasteiger partial charge in [-0.15, -0.1) is 0 Å². The van der Waals surface area contributed by atoms with E-state index < -0.39 is 0 Å². The van der Waals surface area contributed by atoms with Gasteiger partial charge in [-0.3, -0.25) is 4.98 Å². The topological polar surface area (TPSA) is 33.1 Å². The third-order valence-corrected chi connectivity index (χ3v) is 4.97. The fraction of sp³-hybridized carbons (Fsp3) is 0.158. The molecule has 0 bridgehead atoms. The Hall–Kier alpha value is -2.37. The summed E-state index contributed by atoms with van der Waals surface area (Å²) in [4.78, 5) is 6.68. The fourth-order valence-electron chi connectivity index (χ4n) is 3.27. The van der Waals surface area contributed by atoms with Crippen molar-refractivity contribution in [2.24, 2.45) is 7.05 Å². The molecule has 6 heteroatoms. The highest BCUT2D eigenvalue weighted by atomic mass is 35.5. The Balaban J connectivity index is 1.81. The summed E-state index contributed by atoms with van der Waals surface area (Å²) < 4.78 is 2.05. The van der Waals surface area contributed by atoms with Crippen LogP contribution in [0.4, 0.5) is 5.69 Å². The van der Waals surface area contributed by atoms with E-state index in [-0.39, 0.29) is 12.1 Å². The second-order valence-electron chi connectivity index (χ2n) is 6.08. The van der Waals surface area contributed by atoms with Crippen molar-refractivity contribution in [1.82, 2.24) is 14.9 Å². The summed E-state index contributed by atoms with van der Waals surface area (Å²) in [6.07, 6.45) is 5.98. The van der Waals surface area contributed by atoms with Gasteiger partial charge in [0.15, 0.2) is 5.11 Å². The number of nitrogens with one attached hydrogen (secondary N) is 1. The Kier molecular flexibility index (Phi) is 4.19. The van der Waals surface area contributed by atoms with Crippen molar-refractivity contribution in [3.8, 4) is 0 Å². The van der Waals surface area contributed by atoms with E-state index in [1.165, 1.54) is 5.56 Å². The number of aryl methyl sites for hydroxylation is 1. The maximum absolute atomic E-state index is 6.06. The number of benzene rings is 1. The van der Waals surface area contributed by atoms with Crippen LogP contribution in [-0.2, 0) is 7.05 Å². The molecule has 126 valence electrons. The van der Waals surface area contributed by atoms with Gasteiger partial charge < -0.3 is 14.8 Å². The quantitative estimate of drug-likeness (QED) is 0.700. The van der Waals surface area contributed by atoms with E-state index in [1.54, 1.807) is 0 Å². The second kappa shape index (κ2) is 6.50. The molecule has 1 aliphatic rings. The molecule has 3 aromatic rings. The Labute approximate surface area is 157 Å². The molecule has 2 atom stereocenters.